The van der Waals surface area contributed by atoms with Crippen LogP contribution in [0.4, 0.5) is 29.5 Å². The molecule has 152 valence electrons. The van der Waals surface area contributed by atoms with Gasteiger partial charge in [0, 0.05) is 18.8 Å². The molecule has 0 bridgehead atoms. The molecule has 0 saturated carbocycles. The van der Waals surface area contributed by atoms with Crippen LogP contribution in [-0.2, 0) is 6.42 Å². The third kappa shape index (κ3) is 7.13. The molecule has 5 N–H and O–H groups in total. The summed E-state index contributed by atoms with van der Waals surface area (Å²) in [6.07, 6.45) is -4.12. The van der Waals surface area contributed by atoms with Gasteiger partial charge in [-0.3, -0.25) is 4.79 Å². The van der Waals surface area contributed by atoms with Crippen LogP contribution in [0, 0.1) is 0 Å². The zero-order chi connectivity index (χ0) is 20.6. The van der Waals surface area contributed by atoms with E-state index < -0.39 is 24.5 Å². The number of anilines is 2. The summed E-state index contributed by atoms with van der Waals surface area (Å²) in [6, 6.07) is 4.95. The Bertz CT molecular complexity index is 792. The third-order valence-corrected chi connectivity index (χ3v) is 3.52. The van der Waals surface area contributed by atoms with E-state index in [0.29, 0.717) is 31.6 Å². The summed E-state index contributed by atoms with van der Waals surface area (Å²) in [4.78, 5) is 23.4. The molecule has 9 nitrogen and oxygen atoms in total. The van der Waals surface area contributed by atoms with Gasteiger partial charge in [-0.15, -0.1) is 0 Å². The number of nitrogens with zero attached hydrogens (tertiary/aromatic N) is 2. The predicted octanol–water partition coefficient (Wildman–Crippen LogP) is 2.09. The lowest BCUT2D eigenvalue weighted by atomic mass is 10.1. The maximum Gasteiger partial charge on any atom is 0.393 e. The summed E-state index contributed by atoms with van der Waals surface area (Å²) in [5.41, 5.74) is 5.81. The van der Waals surface area contributed by atoms with Crippen LogP contribution in [0.1, 0.15) is 28.9 Å². The molecular formula is C16H19F3N6O3. The molecule has 1 aromatic heterocycles. The van der Waals surface area contributed by atoms with E-state index in [9.17, 15) is 22.8 Å². The van der Waals surface area contributed by atoms with Crippen LogP contribution < -0.4 is 21.7 Å². The number of urea groups is 1. The summed E-state index contributed by atoms with van der Waals surface area (Å²) in [5, 5.41) is 14.4. The topological polar surface area (TPSA) is 135 Å². The Kier molecular flexibility index (Phi) is 7.18. The van der Waals surface area contributed by atoms with Crippen LogP contribution in [0.25, 0.3) is 0 Å². The average molecular weight is 400 g/mol. The lowest BCUT2D eigenvalue weighted by Crippen LogP contribution is -2.30. The van der Waals surface area contributed by atoms with E-state index in [1.807, 2.05) is 0 Å². The van der Waals surface area contributed by atoms with Crippen LogP contribution >= 0.6 is 0 Å². The number of nitrogens with one attached hydrogen (secondary N) is 3. The van der Waals surface area contributed by atoms with Gasteiger partial charge in [0.2, 0.25) is 11.5 Å². The fraction of sp³-hybridized carbons (Fsp3) is 0.375. The Morgan fingerprint density at radius 3 is 2.25 bits per heavy atom. The zero-order valence-electron chi connectivity index (χ0n) is 14.7. The second-order valence-corrected chi connectivity index (χ2v) is 5.83. The van der Waals surface area contributed by atoms with Gasteiger partial charge < -0.3 is 21.7 Å². The molecule has 1 heterocycles. The van der Waals surface area contributed by atoms with E-state index in [-0.39, 0.29) is 17.1 Å². The Morgan fingerprint density at radius 1 is 1.04 bits per heavy atom. The zero-order valence-corrected chi connectivity index (χ0v) is 14.7. The van der Waals surface area contributed by atoms with Crippen LogP contribution in [0.5, 0.6) is 0 Å². The number of hydrogen-bond acceptors (Lipinski definition) is 6. The number of alkyl halides is 3. The Labute approximate surface area is 157 Å². The summed E-state index contributed by atoms with van der Waals surface area (Å²) < 4.78 is 41.2. The van der Waals surface area contributed by atoms with Crippen molar-refractivity contribution < 1.29 is 27.4 Å². The Balaban J connectivity index is 1.60. The first-order chi connectivity index (χ1) is 13.2. The van der Waals surface area contributed by atoms with Gasteiger partial charge in [-0.25, -0.2) is 9.42 Å². The van der Waals surface area contributed by atoms with E-state index in [4.69, 9.17) is 5.73 Å². The molecule has 12 heteroatoms. The number of rotatable bonds is 8. The maximum absolute atomic E-state index is 12.3. The molecule has 0 aliphatic rings. The number of unbranched alkanes of at least 4 members (excludes halogenated alkanes) is 1. The lowest BCUT2D eigenvalue weighted by Gasteiger charge is -2.09. The fourth-order valence-corrected chi connectivity index (χ4v) is 2.20. The minimum Gasteiger partial charge on any atom is -0.379 e. The van der Waals surface area contributed by atoms with Gasteiger partial charge in [0.05, 0.1) is 6.42 Å². The number of carbonyl (C=O) groups excluding carboxylic acids is 2. The summed E-state index contributed by atoms with van der Waals surface area (Å²) in [6.45, 7) is 0.691. The normalized spacial score (nSPS) is 11.1. The van der Waals surface area contributed by atoms with Gasteiger partial charge >= 0.3 is 12.2 Å². The first kappa shape index (κ1) is 21.0. The van der Waals surface area contributed by atoms with E-state index >= 15 is 0 Å². The summed E-state index contributed by atoms with van der Waals surface area (Å²) in [7, 11) is 0. The van der Waals surface area contributed by atoms with Crippen LogP contribution in [0.15, 0.2) is 28.9 Å². The first-order valence-corrected chi connectivity index (χ1v) is 8.31. The highest BCUT2D eigenvalue weighted by molar-refractivity contribution is 5.95. The maximum atomic E-state index is 12.3. The van der Waals surface area contributed by atoms with Gasteiger partial charge in [-0.1, -0.05) is 12.1 Å². The van der Waals surface area contributed by atoms with Crippen molar-refractivity contribution in [1.82, 2.24) is 20.9 Å². The van der Waals surface area contributed by atoms with Crippen molar-refractivity contribution in [3.63, 3.8) is 0 Å². The first-order valence-electron chi connectivity index (χ1n) is 8.31. The van der Waals surface area contributed by atoms with Gasteiger partial charge in [0.15, 0.2) is 0 Å². The smallest absolute Gasteiger partial charge is 0.379 e. The van der Waals surface area contributed by atoms with E-state index in [0.717, 1.165) is 0 Å². The SMILES string of the molecule is Nc1nonc1C(=O)NCCCCNC(=O)Nc1ccc(CC(F)(F)F)cc1. The molecule has 2 rings (SSSR count). The highest BCUT2D eigenvalue weighted by atomic mass is 19.4. The number of benzene rings is 1. The third-order valence-electron chi connectivity index (χ3n) is 3.52. The number of hydrogen-bond donors (Lipinski definition) is 4. The van der Waals surface area contributed by atoms with Gasteiger partial charge in [0.1, 0.15) is 0 Å². The highest BCUT2D eigenvalue weighted by Gasteiger charge is 2.27. The Hall–Kier alpha value is -3.31. The minimum atomic E-state index is -4.27. The van der Waals surface area contributed by atoms with Crippen LogP contribution in [0.3, 0.4) is 0 Å². The van der Waals surface area contributed by atoms with Crippen molar-refractivity contribution in [2.75, 3.05) is 24.1 Å². The summed E-state index contributed by atoms with van der Waals surface area (Å²) >= 11 is 0. The standard InChI is InChI=1S/C16H19F3N6O3/c17-16(18,19)9-10-3-5-11(6-4-10)23-15(27)22-8-2-1-7-21-14(26)12-13(20)25-28-24-12/h3-6H,1-2,7-9H2,(H2,20,25)(H,21,26)(H2,22,23,27). The number of nitrogens with two attached hydrogens (primary N) is 1. The average Bonchev–Trinajstić information content (AvgIpc) is 3.04. The summed E-state index contributed by atoms with van der Waals surface area (Å²) in [5.74, 6) is -0.597. The molecule has 0 aliphatic carbocycles. The van der Waals surface area contributed by atoms with Crippen molar-refractivity contribution in [3.05, 3.63) is 35.5 Å². The van der Waals surface area contributed by atoms with Gasteiger partial charge in [-0.05, 0) is 40.9 Å². The second kappa shape index (κ2) is 9.58. The van der Waals surface area contributed by atoms with E-state index in [1.165, 1.54) is 24.3 Å². The molecule has 28 heavy (non-hydrogen) atoms. The van der Waals surface area contributed by atoms with Crippen LogP contribution in [0.2, 0.25) is 0 Å². The Morgan fingerprint density at radius 2 is 1.68 bits per heavy atom. The fourth-order valence-electron chi connectivity index (χ4n) is 2.20. The van der Waals surface area contributed by atoms with Crippen LogP contribution in [-0.4, -0.2) is 41.5 Å². The number of aromatic nitrogens is 2. The van der Waals surface area contributed by atoms with Crippen molar-refractivity contribution in [2.45, 2.75) is 25.4 Å². The number of amides is 3. The van der Waals surface area contributed by atoms with Crippen molar-refractivity contribution in [3.8, 4) is 0 Å². The lowest BCUT2D eigenvalue weighted by molar-refractivity contribution is -0.127. The largest absolute Gasteiger partial charge is 0.393 e. The molecular weight excluding hydrogens is 381 g/mol. The minimum absolute atomic E-state index is 0.0845. The van der Waals surface area contributed by atoms with E-state index in [2.05, 4.69) is 30.9 Å². The van der Waals surface area contributed by atoms with Gasteiger partial charge in [-0.2, -0.15) is 13.2 Å². The molecule has 0 aliphatic heterocycles. The monoisotopic (exact) mass is 400 g/mol. The number of carbonyl (C=O) groups is 2. The van der Waals surface area contributed by atoms with E-state index in [1.54, 1.807) is 0 Å². The highest BCUT2D eigenvalue weighted by Crippen LogP contribution is 2.22. The van der Waals surface area contributed by atoms with Gasteiger partial charge in [0.25, 0.3) is 5.91 Å². The molecule has 0 fully saturated rings. The molecule has 1 aromatic carbocycles. The predicted molar refractivity (Wildman–Crippen MR) is 93.5 cm³/mol. The molecule has 0 atom stereocenters. The van der Waals surface area contributed by atoms with Crippen molar-refractivity contribution >= 4 is 23.4 Å². The molecule has 2 aromatic rings. The quantitative estimate of drug-likeness (QED) is 0.501. The molecule has 0 radical (unpaired) electrons. The second-order valence-electron chi connectivity index (χ2n) is 5.83. The molecule has 0 unspecified atom stereocenters. The number of halogens is 3. The molecule has 0 saturated heterocycles. The number of nitrogen functional groups attached to an aromatic ring is 1. The molecule has 3 amide bonds. The molecule has 0 spiro atoms. The van der Waals surface area contributed by atoms with Crippen molar-refractivity contribution in [1.29, 1.82) is 0 Å². The van der Waals surface area contributed by atoms with Crippen molar-refractivity contribution in [2.24, 2.45) is 0 Å².